The fraction of sp³-hybridized carbons (Fsp3) is 0.694. The van der Waals surface area contributed by atoms with Crippen LogP contribution in [0.2, 0.25) is 0 Å². The summed E-state index contributed by atoms with van der Waals surface area (Å²) in [6.07, 6.45) is 2.46. The van der Waals surface area contributed by atoms with Crippen molar-refractivity contribution in [2.45, 2.75) is 120 Å². The number of hydrogen-bond donors (Lipinski definition) is 13. The number of hydrogen-bond acceptors (Lipinski definition) is 12. The number of nitrogens with two attached hydrogens (primary N) is 7. The number of aliphatic carboxylic acids is 1. The van der Waals surface area contributed by atoms with Gasteiger partial charge in [0.05, 0.1) is 6.54 Å². The van der Waals surface area contributed by atoms with E-state index in [1.165, 1.54) is 23.6 Å². The topological polar surface area (TPSA) is 443 Å². The third-order valence-corrected chi connectivity index (χ3v) is 10.1. The van der Waals surface area contributed by atoms with Gasteiger partial charge in [-0.2, -0.15) is 0 Å². The van der Waals surface area contributed by atoms with Crippen molar-refractivity contribution in [1.82, 2.24) is 36.4 Å². The highest BCUT2D eigenvalue weighted by Crippen LogP contribution is 2.22. The molecular formula is C36H65N17O9. The second-order valence-corrected chi connectivity index (χ2v) is 15.0. The molecule has 0 spiro atoms. The molecule has 0 bridgehead atoms. The number of aliphatic imine (C=N–C) groups is 3. The number of amides is 7. The number of likely N-dealkylation sites (tertiary alicyclic amines) is 2. The molecule has 2 aliphatic rings. The van der Waals surface area contributed by atoms with Crippen LogP contribution in [0, 0.1) is 0 Å². The Labute approximate surface area is 359 Å². The van der Waals surface area contributed by atoms with Gasteiger partial charge >= 0.3 is 5.97 Å². The highest BCUT2D eigenvalue weighted by atomic mass is 16.4. The molecule has 0 aromatic heterocycles. The molecule has 0 aromatic rings. The van der Waals surface area contributed by atoms with E-state index >= 15 is 0 Å². The maximum absolute atomic E-state index is 14.1. The number of rotatable bonds is 25. The largest absolute Gasteiger partial charge is 0.480 e. The first-order chi connectivity index (χ1) is 29.3. The number of nitrogens with zero attached hydrogens (tertiary/aromatic N) is 5. The summed E-state index contributed by atoms with van der Waals surface area (Å²) in [4.78, 5) is 119. The lowest BCUT2D eigenvalue weighted by molar-refractivity contribution is -0.144. The molecule has 2 heterocycles. The van der Waals surface area contributed by atoms with Crippen LogP contribution in [-0.4, -0.2) is 162 Å². The Kier molecular flexibility index (Phi) is 21.7. The van der Waals surface area contributed by atoms with Crippen LogP contribution in [0.1, 0.15) is 78.1 Å². The summed E-state index contributed by atoms with van der Waals surface area (Å²) in [5.74, 6) is -6.27. The number of carboxylic acids is 1. The van der Waals surface area contributed by atoms with Crippen LogP contribution in [0.5, 0.6) is 0 Å². The van der Waals surface area contributed by atoms with Crippen LogP contribution >= 0.6 is 0 Å². The maximum Gasteiger partial charge on any atom is 0.326 e. The number of carbonyl (C=O) groups excluding carboxylic acids is 7. The van der Waals surface area contributed by atoms with Crippen LogP contribution in [0.15, 0.2) is 15.0 Å². The van der Waals surface area contributed by atoms with Crippen LogP contribution < -0.4 is 66.7 Å². The van der Waals surface area contributed by atoms with Gasteiger partial charge in [0.15, 0.2) is 17.9 Å². The van der Waals surface area contributed by atoms with Gasteiger partial charge in [-0.1, -0.05) is 0 Å². The van der Waals surface area contributed by atoms with Crippen molar-refractivity contribution >= 4 is 65.2 Å². The average Bonchev–Trinajstić information content (AvgIpc) is 3.91. The van der Waals surface area contributed by atoms with Gasteiger partial charge in [0.2, 0.25) is 41.4 Å². The highest BCUT2D eigenvalue weighted by molar-refractivity contribution is 5.97. The molecule has 20 N–H and O–H groups in total. The fourth-order valence-corrected chi connectivity index (χ4v) is 6.89. The molecule has 62 heavy (non-hydrogen) atoms. The van der Waals surface area contributed by atoms with Crippen molar-refractivity contribution in [2.24, 2.45) is 55.1 Å². The third kappa shape index (κ3) is 17.3. The first kappa shape index (κ1) is 51.7. The normalized spacial score (nSPS) is 18.1. The molecule has 2 aliphatic heterocycles. The Morgan fingerprint density at radius 3 is 1.29 bits per heavy atom. The molecule has 0 aromatic carbocycles. The molecular weight excluding hydrogens is 815 g/mol. The summed E-state index contributed by atoms with van der Waals surface area (Å²) >= 11 is 0. The van der Waals surface area contributed by atoms with E-state index in [9.17, 15) is 43.5 Å². The first-order valence-corrected chi connectivity index (χ1v) is 20.5. The summed E-state index contributed by atoms with van der Waals surface area (Å²) in [5.41, 5.74) is 37.7. The summed E-state index contributed by atoms with van der Waals surface area (Å²) in [5, 5.41) is 22.4. The zero-order chi connectivity index (χ0) is 46.5. The van der Waals surface area contributed by atoms with Crippen molar-refractivity contribution in [3.63, 3.8) is 0 Å². The minimum Gasteiger partial charge on any atom is -0.480 e. The first-order valence-electron chi connectivity index (χ1n) is 20.5. The second kappa shape index (κ2) is 26.0. The van der Waals surface area contributed by atoms with Gasteiger partial charge in [-0.05, 0) is 78.1 Å². The predicted molar refractivity (Wildman–Crippen MR) is 227 cm³/mol. The van der Waals surface area contributed by atoms with E-state index in [1.807, 2.05) is 0 Å². The monoisotopic (exact) mass is 880 g/mol. The molecule has 348 valence electrons. The lowest BCUT2D eigenvalue weighted by Crippen LogP contribution is -2.59. The van der Waals surface area contributed by atoms with E-state index in [0.29, 0.717) is 19.3 Å². The van der Waals surface area contributed by atoms with E-state index in [0.717, 1.165) is 0 Å². The van der Waals surface area contributed by atoms with Crippen LogP contribution in [0.3, 0.4) is 0 Å². The van der Waals surface area contributed by atoms with Gasteiger partial charge in [0, 0.05) is 32.7 Å². The molecule has 0 radical (unpaired) electrons. The van der Waals surface area contributed by atoms with E-state index < -0.39 is 89.6 Å². The molecule has 26 heteroatoms. The van der Waals surface area contributed by atoms with E-state index in [1.54, 1.807) is 0 Å². The Morgan fingerprint density at radius 2 is 0.935 bits per heavy atom. The van der Waals surface area contributed by atoms with E-state index in [-0.39, 0.29) is 102 Å². The van der Waals surface area contributed by atoms with Crippen molar-refractivity contribution in [3.05, 3.63) is 0 Å². The molecule has 2 rings (SSSR count). The van der Waals surface area contributed by atoms with Crippen molar-refractivity contribution in [1.29, 1.82) is 0 Å². The summed E-state index contributed by atoms with van der Waals surface area (Å²) in [7, 11) is 0. The molecule has 0 unspecified atom stereocenters. The molecule has 2 saturated heterocycles. The smallest absolute Gasteiger partial charge is 0.326 e. The number of carbonyl (C=O) groups is 8. The van der Waals surface area contributed by atoms with Crippen LogP contribution in [0.25, 0.3) is 0 Å². The lowest BCUT2D eigenvalue weighted by Gasteiger charge is -2.31. The Morgan fingerprint density at radius 1 is 0.581 bits per heavy atom. The van der Waals surface area contributed by atoms with Crippen molar-refractivity contribution in [2.75, 3.05) is 39.3 Å². The predicted octanol–water partition coefficient (Wildman–Crippen LogP) is -6.36. The van der Waals surface area contributed by atoms with Crippen LogP contribution in [-0.2, 0) is 38.4 Å². The number of nitrogens with one attached hydrogen (secondary N) is 5. The minimum atomic E-state index is -1.29. The zero-order valence-corrected chi connectivity index (χ0v) is 35.3. The van der Waals surface area contributed by atoms with Gasteiger partial charge < -0.3 is 81.6 Å². The summed E-state index contributed by atoms with van der Waals surface area (Å²) < 4.78 is 0. The Hall–Kier alpha value is -6.47. The number of guanidine groups is 3. The standard InChI is InChI=1S/C36H65N17O9/c1-19(47-29(57)24-11-6-16-52(24)31(59)21(49-26(54)18-37)8-3-13-44-34(38)39)27(55)50-22(9-4-14-45-35(40)41)32(60)53-17-7-12-25(53)30(58)48-20(2)28(56)51-23(33(61)62)10-5-15-46-36(42)43/h19-25H,3-18,37H2,1-2H3,(H,47,57)(H,48,58)(H,49,54)(H,50,55)(H,51,56)(H,61,62)(H4,38,39,44)(H4,40,41,45)(H4,42,43,46)/t19-,20-,21-,22-,23-,24-,25-/m0/s1. The van der Waals surface area contributed by atoms with Crippen molar-refractivity contribution in [3.8, 4) is 0 Å². The Bertz CT molecular complexity index is 1680. The quantitative estimate of drug-likeness (QED) is 0.0230. The zero-order valence-electron chi connectivity index (χ0n) is 35.3. The molecule has 0 saturated carbocycles. The highest BCUT2D eigenvalue weighted by Gasteiger charge is 2.41. The van der Waals surface area contributed by atoms with Gasteiger partial charge in [-0.25, -0.2) is 4.79 Å². The van der Waals surface area contributed by atoms with Gasteiger partial charge in [0.1, 0.15) is 42.3 Å². The third-order valence-electron chi connectivity index (χ3n) is 10.1. The molecule has 0 aliphatic carbocycles. The molecule has 7 atom stereocenters. The van der Waals surface area contributed by atoms with Gasteiger partial charge in [0.25, 0.3) is 0 Å². The van der Waals surface area contributed by atoms with E-state index in [4.69, 9.17) is 40.1 Å². The second-order valence-electron chi connectivity index (χ2n) is 15.0. The van der Waals surface area contributed by atoms with Crippen molar-refractivity contribution < 1.29 is 43.5 Å². The summed E-state index contributed by atoms with van der Waals surface area (Å²) in [6.45, 7) is 3.23. The average molecular weight is 880 g/mol. The minimum absolute atomic E-state index is 0.0152. The Balaban J connectivity index is 2.15. The van der Waals surface area contributed by atoms with Crippen LogP contribution in [0.4, 0.5) is 0 Å². The maximum atomic E-state index is 14.1. The number of carboxylic acid groups (broad SMARTS) is 1. The summed E-state index contributed by atoms with van der Waals surface area (Å²) in [6, 6.07) is -7.87. The SMILES string of the molecule is C[C@H](NC(=O)[C@@H]1CCCN1C(=O)[C@H](CCCN=C(N)N)NC(=O)CN)C(=O)N[C@@H](CCCN=C(N)N)C(=O)N1CCC[C@H]1C(=O)N[C@@H](C)C(=O)N[C@@H](CCCN=C(N)N)C(=O)O. The molecule has 7 amide bonds. The van der Waals surface area contributed by atoms with E-state index in [2.05, 4.69) is 41.6 Å². The molecule has 26 nitrogen and oxygen atoms in total. The van der Waals surface area contributed by atoms with Gasteiger partial charge in [-0.15, -0.1) is 0 Å². The lowest BCUT2D eigenvalue weighted by atomic mass is 10.1. The fourth-order valence-electron chi connectivity index (χ4n) is 6.89. The molecule has 2 fully saturated rings. The van der Waals surface area contributed by atoms with Gasteiger partial charge in [-0.3, -0.25) is 48.5 Å².